The Morgan fingerprint density at radius 1 is 0.264 bits per heavy atom. The molecule has 0 atom stereocenters. The lowest BCUT2D eigenvalue weighted by Gasteiger charge is -2.18. The van der Waals surface area contributed by atoms with Crippen LogP contribution < -0.4 is 0 Å². The molecule has 0 N–H and O–H groups in total. The van der Waals surface area contributed by atoms with Gasteiger partial charge in [0.05, 0.1) is 0 Å². The first-order chi connectivity index (χ1) is 26.3. The Morgan fingerprint density at radius 3 is 1.45 bits per heavy atom. The van der Waals surface area contributed by atoms with E-state index >= 15 is 0 Å². The highest BCUT2D eigenvalue weighted by Crippen LogP contribution is 2.51. The number of para-hydroxylation sites is 2. The summed E-state index contributed by atoms with van der Waals surface area (Å²) in [5.74, 6) is 0.850. The lowest BCUT2D eigenvalue weighted by atomic mass is 9.84. The zero-order chi connectivity index (χ0) is 34.6. The van der Waals surface area contributed by atoms with Crippen LogP contribution >= 0.6 is 0 Å². The summed E-state index contributed by atoms with van der Waals surface area (Å²) in [7, 11) is 0. The highest BCUT2D eigenvalue weighted by molar-refractivity contribution is 6.28. The largest absolute Gasteiger partial charge is 0.456 e. The number of hydrogen-bond acceptors (Lipinski definition) is 3. The van der Waals surface area contributed by atoms with E-state index in [-0.39, 0.29) is 0 Å². The summed E-state index contributed by atoms with van der Waals surface area (Å²) in [4.78, 5) is 0. The van der Waals surface area contributed by atoms with Crippen molar-refractivity contribution in [2.24, 2.45) is 0 Å². The van der Waals surface area contributed by atoms with E-state index < -0.39 is 0 Å². The fourth-order valence-electron chi connectivity index (χ4n) is 8.80. The molecule has 0 unspecified atom stereocenters. The topological polar surface area (TPSA) is 39.4 Å². The average molecular weight is 677 g/mol. The molecule has 3 nitrogen and oxygen atoms in total. The van der Waals surface area contributed by atoms with Crippen molar-refractivity contribution in [3.05, 3.63) is 170 Å². The highest BCUT2D eigenvalue weighted by Gasteiger charge is 2.26. The lowest BCUT2D eigenvalue weighted by Crippen LogP contribution is -1.92. The van der Waals surface area contributed by atoms with Crippen molar-refractivity contribution in [1.29, 1.82) is 0 Å². The fourth-order valence-corrected chi connectivity index (χ4v) is 8.80. The standard InChI is InChI=1S/C50H28O3/c1-2-14-29(15-3-1)46-41-26-38-31-17-10-12-24-42(31)51-44(38)28-45(41)53-50(46)48-35-21-7-5-19-33(35)47(34-20-6-8-22-36(34)48)39-27-40-32-18-11-13-25-43(32)52-49(40)37-23-9-4-16-30(37)39/h1-28H. The van der Waals surface area contributed by atoms with E-state index in [1.165, 1.54) is 11.1 Å². The summed E-state index contributed by atoms with van der Waals surface area (Å²) in [6.07, 6.45) is 0. The molecule has 3 heteroatoms. The van der Waals surface area contributed by atoms with Crippen molar-refractivity contribution < 1.29 is 13.3 Å². The molecule has 0 spiro atoms. The average Bonchev–Trinajstić information content (AvgIpc) is 3.90. The molecule has 246 valence electrons. The molecule has 3 aromatic heterocycles. The van der Waals surface area contributed by atoms with Gasteiger partial charge >= 0.3 is 0 Å². The Kier molecular flexibility index (Phi) is 5.77. The van der Waals surface area contributed by atoms with Gasteiger partial charge in [0.2, 0.25) is 0 Å². The van der Waals surface area contributed by atoms with Crippen molar-refractivity contribution in [2.45, 2.75) is 0 Å². The molecular formula is C50H28O3. The van der Waals surface area contributed by atoms with Crippen LogP contribution in [0.5, 0.6) is 0 Å². The van der Waals surface area contributed by atoms with Gasteiger partial charge in [-0.25, -0.2) is 0 Å². The zero-order valence-electron chi connectivity index (χ0n) is 28.4. The third-order valence-corrected chi connectivity index (χ3v) is 11.1. The van der Waals surface area contributed by atoms with Gasteiger partial charge in [-0.05, 0) is 67.9 Å². The Labute approximate surface area is 302 Å². The van der Waals surface area contributed by atoms with E-state index in [1.807, 2.05) is 18.2 Å². The molecule has 0 radical (unpaired) electrons. The minimum atomic E-state index is 0.797. The summed E-state index contributed by atoms with van der Waals surface area (Å²) in [6.45, 7) is 0. The third kappa shape index (κ3) is 3.99. The number of benzene rings is 9. The van der Waals surface area contributed by atoms with Crippen molar-refractivity contribution in [3.63, 3.8) is 0 Å². The van der Waals surface area contributed by atoms with Gasteiger partial charge in [-0.15, -0.1) is 0 Å². The second-order valence-electron chi connectivity index (χ2n) is 13.9. The molecule has 0 aliphatic rings. The van der Waals surface area contributed by atoms with Crippen molar-refractivity contribution in [2.75, 3.05) is 0 Å². The first kappa shape index (κ1) is 28.6. The molecule has 0 fully saturated rings. The third-order valence-electron chi connectivity index (χ3n) is 11.1. The molecule has 9 aromatic carbocycles. The van der Waals surface area contributed by atoms with E-state index in [0.29, 0.717) is 0 Å². The number of fused-ring (bicyclic) bond motifs is 11. The smallest absolute Gasteiger partial charge is 0.144 e. The van der Waals surface area contributed by atoms with E-state index in [0.717, 1.165) is 110 Å². The molecule has 0 aliphatic heterocycles. The minimum absolute atomic E-state index is 0.797. The summed E-state index contributed by atoms with van der Waals surface area (Å²) < 4.78 is 20.0. The van der Waals surface area contributed by atoms with Crippen molar-refractivity contribution in [1.82, 2.24) is 0 Å². The number of furan rings is 3. The Bertz CT molecular complexity index is 3390. The van der Waals surface area contributed by atoms with Gasteiger partial charge in [0.15, 0.2) is 0 Å². The monoisotopic (exact) mass is 676 g/mol. The van der Waals surface area contributed by atoms with Crippen LogP contribution in [-0.4, -0.2) is 0 Å². The molecule has 0 amide bonds. The fraction of sp³-hybridized carbons (Fsp3) is 0. The summed E-state index contributed by atoms with van der Waals surface area (Å²) in [5, 5.41) is 12.3. The van der Waals surface area contributed by atoms with Crippen LogP contribution in [0.3, 0.4) is 0 Å². The van der Waals surface area contributed by atoms with Crippen LogP contribution in [0.2, 0.25) is 0 Å². The van der Waals surface area contributed by atoms with Crippen molar-refractivity contribution >= 4 is 87.2 Å². The van der Waals surface area contributed by atoms with E-state index in [4.69, 9.17) is 13.3 Å². The molecule has 0 saturated carbocycles. The minimum Gasteiger partial charge on any atom is -0.456 e. The molecular weight excluding hydrogens is 649 g/mol. The van der Waals surface area contributed by atoms with Crippen LogP contribution in [-0.2, 0) is 0 Å². The maximum absolute atomic E-state index is 7.10. The van der Waals surface area contributed by atoms with Crippen LogP contribution in [0.1, 0.15) is 0 Å². The summed E-state index contributed by atoms with van der Waals surface area (Å²) >= 11 is 0. The maximum Gasteiger partial charge on any atom is 0.144 e. The molecule has 0 saturated heterocycles. The molecule has 12 aromatic rings. The second kappa shape index (κ2) is 10.7. The molecule has 12 rings (SSSR count). The molecule has 3 heterocycles. The quantitative estimate of drug-likeness (QED) is 0.175. The van der Waals surface area contributed by atoms with Gasteiger partial charge in [0.1, 0.15) is 33.7 Å². The van der Waals surface area contributed by atoms with Gasteiger partial charge in [-0.2, -0.15) is 0 Å². The zero-order valence-corrected chi connectivity index (χ0v) is 28.4. The van der Waals surface area contributed by atoms with Crippen molar-refractivity contribution in [3.8, 4) is 33.6 Å². The number of rotatable bonds is 3. The predicted octanol–water partition coefficient (Wildman–Crippen LogP) is 14.7. The van der Waals surface area contributed by atoms with E-state index in [2.05, 4.69) is 152 Å². The normalized spacial score (nSPS) is 12.2. The van der Waals surface area contributed by atoms with Crippen LogP contribution in [0.4, 0.5) is 0 Å². The molecule has 53 heavy (non-hydrogen) atoms. The summed E-state index contributed by atoms with van der Waals surface area (Å²) in [6, 6.07) is 60.1. The van der Waals surface area contributed by atoms with Crippen LogP contribution in [0.15, 0.2) is 183 Å². The van der Waals surface area contributed by atoms with Crippen LogP contribution in [0.25, 0.3) is 121 Å². The summed E-state index contributed by atoms with van der Waals surface area (Å²) in [5.41, 5.74) is 9.94. The van der Waals surface area contributed by atoms with Gasteiger partial charge in [0, 0.05) is 49.5 Å². The number of hydrogen-bond donors (Lipinski definition) is 0. The predicted molar refractivity (Wildman–Crippen MR) is 220 cm³/mol. The molecule has 0 bridgehead atoms. The lowest BCUT2D eigenvalue weighted by molar-refractivity contribution is 0.630. The highest BCUT2D eigenvalue weighted by atomic mass is 16.3. The SMILES string of the molecule is c1ccc(-c2c(-c3c4ccccc4c(-c4cc5c6ccccc6oc5c5ccccc45)c4ccccc34)oc3cc4oc5ccccc5c4cc23)cc1. The first-order valence-corrected chi connectivity index (χ1v) is 18.0. The molecule has 0 aliphatic carbocycles. The first-order valence-electron chi connectivity index (χ1n) is 18.0. The maximum atomic E-state index is 7.10. The van der Waals surface area contributed by atoms with Gasteiger partial charge in [0.25, 0.3) is 0 Å². The van der Waals surface area contributed by atoms with Gasteiger partial charge in [-0.1, -0.05) is 140 Å². The Morgan fingerprint density at radius 2 is 0.774 bits per heavy atom. The van der Waals surface area contributed by atoms with E-state index in [1.54, 1.807) is 0 Å². The van der Waals surface area contributed by atoms with Gasteiger partial charge < -0.3 is 13.3 Å². The van der Waals surface area contributed by atoms with Gasteiger partial charge in [-0.3, -0.25) is 0 Å². The Hall–Kier alpha value is -7.10. The van der Waals surface area contributed by atoms with E-state index in [9.17, 15) is 0 Å². The Balaban J connectivity index is 1.23. The second-order valence-corrected chi connectivity index (χ2v) is 13.9. The van der Waals surface area contributed by atoms with Crippen LogP contribution in [0, 0.1) is 0 Å².